The van der Waals surface area contributed by atoms with E-state index in [2.05, 4.69) is 15.5 Å². The number of anilines is 1. The van der Waals surface area contributed by atoms with Crippen molar-refractivity contribution in [3.8, 4) is 11.6 Å². The molecule has 8 heteroatoms. The van der Waals surface area contributed by atoms with Crippen LogP contribution in [0.4, 0.5) is 10.1 Å². The quantitative estimate of drug-likeness (QED) is 0.416. The van der Waals surface area contributed by atoms with Gasteiger partial charge in [0.05, 0.1) is 6.26 Å². The molecule has 0 aliphatic rings. The fraction of sp³-hybridized carbons (Fsp3) is 0.136. The Labute approximate surface area is 177 Å². The average molecular weight is 422 g/mol. The number of thioether (sulfide) groups is 1. The van der Waals surface area contributed by atoms with Crippen LogP contribution in [0.3, 0.4) is 0 Å². The van der Waals surface area contributed by atoms with Crippen LogP contribution in [0.15, 0.2) is 82.6 Å². The molecule has 0 unspecified atom stereocenters. The SMILES string of the molecule is CCn1c(S[C@H](C(=O)Nc2ccc(F)cc2)c2ccccc2)nnc1-c1ccco1. The van der Waals surface area contributed by atoms with Crippen LogP contribution in [-0.2, 0) is 11.3 Å². The third-order valence-electron chi connectivity index (χ3n) is 4.45. The lowest BCUT2D eigenvalue weighted by Crippen LogP contribution is -2.19. The van der Waals surface area contributed by atoms with Crippen LogP contribution < -0.4 is 5.32 Å². The normalized spacial score (nSPS) is 11.9. The van der Waals surface area contributed by atoms with Crippen molar-refractivity contribution in [2.45, 2.75) is 23.9 Å². The molecular weight excluding hydrogens is 403 g/mol. The summed E-state index contributed by atoms with van der Waals surface area (Å²) in [5, 5.41) is 11.4. The van der Waals surface area contributed by atoms with Crippen LogP contribution in [0.25, 0.3) is 11.6 Å². The molecule has 1 atom stereocenters. The standard InChI is InChI=1S/C22H19FN4O2S/c1-2-27-20(18-9-6-14-29-18)25-26-22(27)30-19(15-7-4-3-5-8-15)21(28)24-17-12-10-16(23)11-13-17/h3-14,19H,2H2,1H3,(H,24,28)/t19-/m0/s1. The summed E-state index contributed by atoms with van der Waals surface area (Å²) in [5.74, 6) is 0.630. The molecule has 0 saturated heterocycles. The molecule has 1 amide bonds. The van der Waals surface area contributed by atoms with Gasteiger partial charge in [0.1, 0.15) is 11.1 Å². The van der Waals surface area contributed by atoms with Gasteiger partial charge >= 0.3 is 0 Å². The van der Waals surface area contributed by atoms with E-state index in [-0.39, 0.29) is 11.7 Å². The van der Waals surface area contributed by atoms with Crippen molar-refractivity contribution in [2.24, 2.45) is 0 Å². The van der Waals surface area contributed by atoms with Gasteiger partial charge in [-0.25, -0.2) is 4.39 Å². The maximum Gasteiger partial charge on any atom is 0.242 e. The Morgan fingerprint density at radius 2 is 1.87 bits per heavy atom. The molecule has 0 fully saturated rings. The van der Waals surface area contributed by atoms with Gasteiger partial charge in [0.25, 0.3) is 0 Å². The zero-order valence-electron chi connectivity index (χ0n) is 16.2. The number of hydrogen-bond acceptors (Lipinski definition) is 5. The molecule has 0 aliphatic heterocycles. The lowest BCUT2D eigenvalue weighted by Gasteiger charge is -2.17. The summed E-state index contributed by atoms with van der Waals surface area (Å²) in [6.45, 7) is 2.60. The predicted octanol–water partition coefficient (Wildman–Crippen LogP) is 5.17. The zero-order chi connectivity index (χ0) is 20.9. The fourth-order valence-corrected chi connectivity index (χ4v) is 4.10. The van der Waals surface area contributed by atoms with E-state index >= 15 is 0 Å². The molecule has 0 aliphatic carbocycles. The maximum absolute atomic E-state index is 13.2. The second kappa shape index (κ2) is 8.96. The Bertz CT molecular complexity index is 1110. The second-order valence-electron chi connectivity index (χ2n) is 6.43. The third-order valence-corrected chi connectivity index (χ3v) is 5.68. The van der Waals surface area contributed by atoms with Gasteiger partial charge in [-0.1, -0.05) is 42.1 Å². The van der Waals surface area contributed by atoms with Crippen molar-refractivity contribution in [3.05, 3.63) is 84.4 Å². The number of hydrogen-bond donors (Lipinski definition) is 1. The van der Waals surface area contributed by atoms with E-state index in [1.807, 2.05) is 47.9 Å². The number of amides is 1. The third kappa shape index (κ3) is 4.28. The maximum atomic E-state index is 13.2. The highest BCUT2D eigenvalue weighted by Crippen LogP contribution is 2.36. The van der Waals surface area contributed by atoms with Gasteiger partial charge < -0.3 is 9.73 Å². The van der Waals surface area contributed by atoms with Crippen LogP contribution in [0.1, 0.15) is 17.7 Å². The number of furan rings is 1. The lowest BCUT2D eigenvalue weighted by molar-refractivity contribution is -0.115. The molecule has 0 bridgehead atoms. The topological polar surface area (TPSA) is 73.0 Å². The van der Waals surface area contributed by atoms with Crippen LogP contribution in [0.5, 0.6) is 0 Å². The molecule has 30 heavy (non-hydrogen) atoms. The summed E-state index contributed by atoms with van der Waals surface area (Å²) in [5.41, 5.74) is 1.35. The molecular formula is C22H19FN4O2S. The molecule has 0 radical (unpaired) electrons. The predicted molar refractivity (Wildman–Crippen MR) is 113 cm³/mol. The minimum atomic E-state index is -0.574. The van der Waals surface area contributed by atoms with E-state index in [0.717, 1.165) is 5.56 Å². The summed E-state index contributed by atoms with van der Waals surface area (Å²) >= 11 is 1.30. The van der Waals surface area contributed by atoms with Crippen LogP contribution >= 0.6 is 11.8 Å². The highest BCUT2D eigenvalue weighted by Gasteiger charge is 2.26. The number of rotatable bonds is 7. The molecule has 1 N–H and O–H groups in total. The molecule has 0 saturated carbocycles. The summed E-state index contributed by atoms with van der Waals surface area (Å²) in [6, 6.07) is 18.7. The van der Waals surface area contributed by atoms with Crippen LogP contribution in [-0.4, -0.2) is 20.7 Å². The van der Waals surface area contributed by atoms with Crippen molar-refractivity contribution in [3.63, 3.8) is 0 Å². The first-order valence-electron chi connectivity index (χ1n) is 9.41. The first-order valence-corrected chi connectivity index (χ1v) is 10.3. The smallest absolute Gasteiger partial charge is 0.242 e. The first-order chi connectivity index (χ1) is 14.7. The van der Waals surface area contributed by atoms with Crippen molar-refractivity contribution in [2.75, 3.05) is 5.32 Å². The van der Waals surface area contributed by atoms with Crippen LogP contribution in [0.2, 0.25) is 0 Å². The van der Waals surface area contributed by atoms with Crippen molar-refractivity contribution in [1.29, 1.82) is 0 Å². The summed E-state index contributed by atoms with van der Waals surface area (Å²) in [4.78, 5) is 13.1. The Balaban J connectivity index is 1.64. The van der Waals surface area contributed by atoms with E-state index in [4.69, 9.17) is 4.42 Å². The summed E-state index contributed by atoms with van der Waals surface area (Å²) in [6.07, 6.45) is 1.58. The monoisotopic (exact) mass is 422 g/mol. The molecule has 152 valence electrons. The molecule has 0 spiro atoms. The second-order valence-corrected chi connectivity index (χ2v) is 7.50. The number of nitrogens with zero attached hydrogens (tertiary/aromatic N) is 3. The van der Waals surface area contributed by atoms with Crippen molar-refractivity contribution in [1.82, 2.24) is 14.8 Å². The number of halogens is 1. The summed E-state index contributed by atoms with van der Waals surface area (Å²) < 4.78 is 20.6. The van der Waals surface area contributed by atoms with E-state index in [1.165, 1.54) is 36.0 Å². The molecule has 4 aromatic rings. The largest absolute Gasteiger partial charge is 0.461 e. The Hall–Kier alpha value is -3.39. The minimum absolute atomic E-state index is 0.233. The van der Waals surface area contributed by atoms with E-state index in [1.54, 1.807) is 12.3 Å². The molecule has 2 aromatic heterocycles. The van der Waals surface area contributed by atoms with Crippen molar-refractivity contribution < 1.29 is 13.6 Å². The highest BCUT2D eigenvalue weighted by atomic mass is 32.2. The van der Waals surface area contributed by atoms with Gasteiger partial charge in [-0.2, -0.15) is 0 Å². The molecule has 2 heterocycles. The Morgan fingerprint density at radius 1 is 1.10 bits per heavy atom. The van der Waals surface area contributed by atoms with E-state index < -0.39 is 5.25 Å². The Morgan fingerprint density at radius 3 is 2.53 bits per heavy atom. The Kier molecular flexibility index (Phi) is 5.94. The number of aromatic nitrogens is 3. The first kappa shape index (κ1) is 19.9. The van der Waals surface area contributed by atoms with Gasteiger partial charge in [-0.05, 0) is 48.9 Å². The lowest BCUT2D eigenvalue weighted by atomic mass is 10.1. The van der Waals surface area contributed by atoms with Gasteiger partial charge in [0.2, 0.25) is 5.91 Å². The minimum Gasteiger partial charge on any atom is -0.461 e. The van der Waals surface area contributed by atoms with Crippen molar-refractivity contribution >= 4 is 23.4 Å². The van der Waals surface area contributed by atoms with E-state index in [9.17, 15) is 9.18 Å². The van der Waals surface area contributed by atoms with Gasteiger partial charge in [-0.15, -0.1) is 10.2 Å². The van der Waals surface area contributed by atoms with Gasteiger partial charge in [0, 0.05) is 12.2 Å². The number of benzene rings is 2. The number of carbonyl (C=O) groups excluding carboxylic acids is 1. The summed E-state index contributed by atoms with van der Waals surface area (Å²) in [7, 11) is 0. The number of carbonyl (C=O) groups is 1. The van der Waals surface area contributed by atoms with E-state index in [0.29, 0.717) is 29.0 Å². The van der Waals surface area contributed by atoms with Crippen LogP contribution in [0, 0.1) is 5.82 Å². The molecule has 2 aromatic carbocycles. The highest BCUT2D eigenvalue weighted by molar-refractivity contribution is 8.00. The number of nitrogens with one attached hydrogen (secondary N) is 1. The van der Waals surface area contributed by atoms with Gasteiger partial charge in [0.15, 0.2) is 16.7 Å². The molecule has 6 nitrogen and oxygen atoms in total. The molecule has 4 rings (SSSR count). The fourth-order valence-electron chi connectivity index (χ4n) is 3.00. The average Bonchev–Trinajstić information content (AvgIpc) is 3.43. The van der Waals surface area contributed by atoms with Gasteiger partial charge in [-0.3, -0.25) is 9.36 Å². The zero-order valence-corrected chi connectivity index (χ0v) is 17.0.